The van der Waals surface area contributed by atoms with Gasteiger partial charge in [0.1, 0.15) is 5.75 Å². The second-order valence-corrected chi connectivity index (χ2v) is 5.60. The standard InChI is InChI=1S/C18H19N5O3/c1-11-8-21-17(19)23-16(11)13-7-15(20-10-13)26-18(24)22-9-12-3-5-14(25-2)6-4-12/h3-8,10,20H,9H2,1-2H3,(H,22,24)(H2,19,21,23). The van der Waals surface area contributed by atoms with E-state index in [1.807, 2.05) is 31.2 Å². The predicted octanol–water partition coefficient (Wildman–Crippen LogP) is 2.66. The van der Waals surface area contributed by atoms with Gasteiger partial charge in [0.2, 0.25) is 11.8 Å². The Morgan fingerprint density at radius 3 is 2.81 bits per heavy atom. The Hall–Kier alpha value is -3.55. The van der Waals surface area contributed by atoms with Crippen LogP contribution in [0, 0.1) is 6.92 Å². The number of nitrogens with one attached hydrogen (secondary N) is 2. The minimum absolute atomic E-state index is 0.187. The molecule has 3 rings (SSSR count). The third-order valence-corrected chi connectivity index (χ3v) is 3.72. The van der Waals surface area contributed by atoms with Crippen molar-refractivity contribution in [3.05, 3.63) is 53.9 Å². The Balaban J connectivity index is 1.59. The molecule has 8 nitrogen and oxygen atoms in total. The number of benzene rings is 1. The number of anilines is 1. The van der Waals surface area contributed by atoms with Crippen molar-refractivity contribution in [3.63, 3.8) is 0 Å². The molecule has 8 heteroatoms. The summed E-state index contributed by atoms with van der Waals surface area (Å²) in [7, 11) is 1.60. The van der Waals surface area contributed by atoms with Gasteiger partial charge >= 0.3 is 6.09 Å². The van der Waals surface area contributed by atoms with E-state index in [9.17, 15) is 4.79 Å². The zero-order chi connectivity index (χ0) is 18.5. The summed E-state index contributed by atoms with van der Waals surface area (Å²) in [5.74, 6) is 1.26. The lowest BCUT2D eigenvalue weighted by molar-refractivity contribution is 0.198. The third-order valence-electron chi connectivity index (χ3n) is 3.72. The molecule has 0 aliphatic heterocycles. The lowest BCUT2D eigenvalue weighted by Crippen LogP contribution is -2.26. The van der Waals surface area contributed by atoms with Crippen LogP contribution in [0.15, 0.2) is 42.7 Å². The second-order valence-electron chi connectivity index (χ2n) is 5.60. The van der Waals surface area contributed by atoms with E-state index >= 15 is 0 Å². The third kappa shape index (κ3) is 4.10. The molecule has 3 aromatic rings. The zero-order valence-electron chi connectivity index (χ0n) is 14.4. The van der Waals surface area contributed by atoms with Crippen molar-refractivity contribution in [2.24, 2.45) is 0 Å². The van der Waals surface area contributed by atoms with Gasteiger partial charge in [0.05, 0.1) is 12.8 Å². The van der Waals surface area contributed by atoms with E-state index in [1.54, 1.807) is 25.6 Å². The van der Waals surface area contributed by atoms with Gasteiger partial charge in [-0.15, -0.1) is 0 Å². The molecule has 0 unspecified atom stereocenters. The van der Waals surface area contributed by atoms with Crippen LogP contribution < -0.4 is 20.5 Å². The number of nitrogens with zero attached hydrogens (tertiary/aromatic N) is 2. The van der Waals surface area contributed by atoms with E-state index in [4.69, 9.17) is 15.2 Å². The number of nitrogens with two attached hydrogens (primary N) is 1. The number of aromatic amines is 1. The average Bonchev–Trinajstić information content (AvgIpc) is 3.10. The lowest BCUT2D eigenvalue weighted by Gasteiger charge is -2.06. The zero-order valence-corrected chi connectivity index (χ0v) is 14.4. The summed E-state index contributed by atoms with van der Waals surface area (Å²) in [6.07, 6.45) is 2.78. The number of carbonyl (C=O) groups is 1. The van der Waals surface area contributed by atoms with Gasteiger partial charge in [0.15, 0.2) is 0 Å². The molecule has 26 heavy (non-hydrogen) atoms. The number of carbonyl (C=O) groups excluding carboxylic acids is 1. The molecule has 0 bridgehead atoms. The number of methoxy groups -OCH3 is 1. The van der Waals surface area contributed by atoms with Gasteiger partial charge in [-0.2, -0.15) is 0 Å². The van der Waals surface area contributed by atoms with Crippen LogP contribution >= 0.6 is 0 Å². The first kappa shape index (κ1) is 17.3. The van der Waals surface area contributed by atoms with E-state index < -0.39 is 6.09 Å². The minimum atomic E-state index is -0.562. The Morgan fingerprint density at radius 2 is 2.08 bits per heavy atom. The predicted molar refractivity (Wildman–Crippen MR) is 96.8 cm³/mol. The Kier molecular flexibility index (Phi) is 5.02. The first-order valence-electron chi connectivity index (χ1n) is 7.91. The molecule has 1 aromatic carbocycles. The average molecular weight is 353 g/mol. The van der Waals surface area contributed by atoms with Crippen molar-refractivity contribution in [1.82, 2.24) is 20.3 Å². The van der Waals surface area contributed by atoms with Crippen LogP contribution in [-0.4, -0.2) is 28.2 Å². The molecule has 0 saturated carbocycles. The van der Waals surface area contributed by atoms with E-state index in [2.05, 4.69) is 20.3 Å². The molecule has 0 fully saturated rings. The Labute approximate surface area is 150 Å². The van der Waals surface area contributed by atoms with Crippen LogP contribution in [0.2, 0.25) is 0 Å². The molecule has 134 valence electrons. The van der Waals surface area contributed by atoms with Crippen molar-refractivity contribution in [2.45, 2.75) is 13.5 Å². The van der Waals surface area contributed by atoms with E-state index in [0.717, 1.165) is 22.4 Å². The minimum Gasteiger partial charge on any atom is -0.497 e. The summed E-state index contributed by atoms with van der Waals surface area (Å²) < 4.78 is 10.3. The normalized spacial score (nSPS) is 10.4. The van der Waals surface area contributed by atoms with E-state index in [-0.39, 0.29) is 5.95 Å². The molecule has 0 aliphatic carbocycles. The number of nitrogen functional groups attached to an aromatic ring is 1. The molecule has 0 aliphatic rings. The molecule has 2 aromatic heterocycles. The fourth-order valence-electron chi connectivity index (χ4n) is 2.37. The van der Waals surface area contributed by atoms with Gasteiger partial charge in [0, 0.05) is 30.6 Å². The second kappa shape index (κ2) is 7.56. The summed E-state index contributed by atoms with van der Waals surface area (Å²) in [6.45, 7) is 2.22. The van der Waals surface area contributed by atoms with Crippen molar-refractivity contribution in [3.8, 4) is 22.9 Å². The van der Waals surface area contributed by atoms with Gasteiger partial charge < -0.3 is 25.5 Å². The van der Waals surface area contributed by atoms with Crippen LogP contribution in [0.4, 0.5) is 10.7 Å². The van der Waals surface area contributed by atoms with Gasteiger partial charge in [-0.3, -0.25) is 0 Å². The van der Waals surface area contributed by atoms with Crippen LogP contribution in [0.3, 0.4) is 0 Å². The molecule has 0 radical (unpaired) electrons. The summed E-state index contributed by atoms with van der Waals surface area (Å²) >= 11 is 0. The molecular weight excluding hydrogens is 334 g/mol. The number of amides is 1. The molecule has 0 saturated heterocycles. The Morgan fingerprint density at radius 1 is 1.31 bits per heavy atom. The number of H-pyrrole nitrogens is 1. The van der Waals surface area contributed by atoms with Crippen molar-refractivity contribution < 1.29 is 14.3 Å². The van der Waals surface area contributed by atoms with Crippen molar-refractivity contribution in [1.29, 1.82) is 0 Å². The quantitative estimate of drug-likeness (QED) is 0.649. The Bertz CT molecular complexity index is 905. The van der Waals surface area contributed by atoms with Crippen LogP contribution in [-0.2, 0) is 6.54 Å². The topological polar surface area (TPSA) is 115 Å². The highest BCUT2D eigenvalue weighted by molar-refractivity contribution is 5.71. The maximum Gasteiger partial charge on any atom is 0.414 e. The molecule has 1 amide bonds. The SMILES string of the molecule is COc1ccc(CNC(=O)Oc2cc(-c3nc(N)ncc3C)c[nH]2)cc1. The van der Waals surface area contributed by atoms with Gasteiger partial charge in [0.25, 0.3) is 0 Å². The highest BCUT2D eigenvalue weighted by Gasteiger charge is 2.11. The number of hydrogen-bond acceptors (Lipinski definition) is 6. The highest BCUT2D eigenvalue weighted by atomic mass is 16.6. The summed E-state index contributed by atoms with van der Waals surface area (Å²) in [5, 5.41) is 2.69. The van der Waals surface area contributed by atoms with Crippen molar-refractivity contribution in [2.75, 3.05) is 12.8 Å². The number of aromatic nitrogens is 3. The van der Waals surface area contributed by atoms with Crippen LogP contribution in [0.1, 0.15) is 11.1 Å². The molecule has 0 atom stereocenters. The summed E-state index contributed by atoms with van der Waals surface area (Å²) in [4.78, 5) is 23.0. The van der Waals surface area contributed by atoms with Crippen LogP contribution in [0.5, 0.6) is 11.6 Å². The maximum absolute atomic E-state index is 12.0. The molecule has 2 heterocycles. The molecular formula is C18H19N5O3. The first-order valence-corrected chi connectivity index (χ1v) is 7.91. The fraction of sp³-hybridized carbons (Fsp3) is 0.167. The number of aryl methyl sites for hydroxylation is 1. The number of ether oxygens (including phenoxy) is 2. The first-order chi connectivity index (χ1) is 12.5. The van der Waals surface area contributed by atoms with Gasteiger partial charge in [-0.05, 0) is 30.2 Å². The van der Waals surface area contributed by atoms with Crippen molar-refractivity contribution >= 4 is 12.0 Å². The summed E-state index contributed by atoms with van der Waals surface area (Å²) in [6, 6.07) is 9.08. The lowest BCUT2D eigenvalue weighted by atomic mass is 10.1. The van der Waals surface area contributed by atoms with Gasteiger partial charge in [-0.25, -0.2) is 14.8 Å². The van der Waals surface area contributed by atoms with E-state index in [0.29, 0.717) is 18.1 Å². The number of hydrogen-bond donors (Lipinski definition) is 3. The smallest absolute Gasteiger partial charge is 0.414 e. The monoisotopic (exact) mass is 353 g/mol. The largest absolute Gasteiger partial charge is 0.497 e. The van der Waals surface area contributed by atoms with Gasteiger partial charge in [-0.1, -0.05) is 12.1 Å². The highest BCUT2D eigenvalue weighted by Crippen LogP contribution is 2.25. The molecule has 0 spiro atoms. The fourth-order valence-corrected chi connectivity index (χ4v) is 2.37. The maximum atomic E-state index is 12.0. The molecule has 4 N–H and O–H groups in total. The van der Waals surface area contributed by atoms with E-state index in [1.165, 1.54) is 0 Å². The van der Waals surface area contributed by atoms with Crippen LogP contribution in [0.25, 0.3) is 11.3 Å². The summed E-state index contributed by atoms with van der Waals surface area (Å²) in [5.41, 5.74) is 8.87. The number of rotatable bonds is 5.